The molecule has 4 heteroatoms. The van der Waals surface area contributed by atoms with Gasteiger partial charge in [0.1, 0.15) is 5.82 Å². The Labute approximate surface area is 90.9 Å². The van der Waals surface area contributed by atoms with E-state index >= 15 is 0 Å². The maximum Gasteiger partial charge on any atom is 0.130 e. The molecule has 1 saturated heterocycles. The van der Waals surface area contributed by atoms with Gasteiger partial charge < -0.3 is 15.1 Å². The first-order valence-electron chi connectivity index (χ1n) is 5.36. The molecule has 2 rings (SSSR count). The van der Waals surface area contributed by atoms with Crippen molar-refractivity contribution >= 4 is 11.5 Å². The van der Waals surface area contributed by atoms with Gasteiger partial charge in [-0.15, -0.1) is 0 Å². The Balaban J connectivity index is 2.16. The van der Waals surface area contributed by atoms with Crippen LogP contribution in [0, 0.1) is 0 Å². The van der Waals surface area contributed by atoms with Crippen LogP contribution in [0.25, 0.3) is 0 Å². The van der Waals surface area contributed by atoms with E-state index in [1.807, 2.05) is 12.3 Å². The number of nitrogens with one attached hydrogen (secondary N) is 1. The minimum atomic E-state index is 1.05. The molecule has 0 radical (unpaired) electrons. The van der Waals surface area contributed by atoms with E-state index in [2.05, 4.69) is 40.3 Å². The molecule has 0 bridgehead atoms. The van der Waals surface area contributed by atoms with E-state index in [0.29, 0.717) is 0 Å². The van der Waals surface area contributed by atoms with Crippen molar-refractivity contribution in [1.82, 2.24) is 10.3 Å². The van der Waals surface area contributed by atoms with Crippen molar-refractivity contribution in [3.05, 3.63) is 18.3 Å². The van der Waals surface area contributed by atoms with E-state index < -0.39 is 0 Å². The van der Waals surface area contributed by atoms with Crippen LogP contribution in [0.4, 0.5) is 11.5 Å². The van der Waals surface area contributed by atoms with Gasteiger partial charge in [0.05, 0.1) is 0 Å². The highest BCUT2D eigenvalue weighted by Gasteiger charge is 2.11. The lowest BCUT2D eigenvalue weighted by atomic mass is 10.3. The van der Waals surface area contributed by atoms with Gasteiger partial charge in [-0.3, -0.25) is 0 Å². The smallest absolute Gasteiger partial charge is 0.130 e. The number of nitrogens with zero attached hydrogens (tertiary/aromatic N) is 3. The Hall–Kier alpha value is -1.29. The Morgan fingerprint density at radius 1 is 1.33 bits per heavy atom. The number of anilines is 2. The first-order valence-corrected chi connectivity index (χ1v) is 5.36. The number of hydrogen-bond acceptors (Lipinski definition) is 4. The monoisotopic (exact) mass is 206 g/mol. The van der Waals surface area contributed by atoms with Gasteiger partial charge in [0, 0.05) is 58.2 Å². The first-order chi connectivity index (χ1) is 7.27. The summed E-state index contributed by atoms with van der Waals surface area (Å²) in [5, 5.41) is 3.34. The molecule has 0 unspecified atom stereocenters. The predicted molar refractivity (Wildman–Crippen MR) is 63.6 cm³/mol. The molecular formula is C11H18N4. The third-order valence-corrected chi connectivity index (χ3v) is 2.69. The van der Waals surface area contributed by atoms with Gasteiger partial charge in [-0.2, -0.15) is 0 Å². The zero-order valence-corrected chi connectivity index (χ0v) is 9.40. The summed E-state index contributed by atoms with van der Waals surface area (Å²) in [6.07, 6.45) is 1.88. The molecule has 1 aromatic rings. The molecule has 1 aromatic heterocycles. The molecule has 1 aliphatic heterocycles. The third kappa shape index (κ3) is 2.39. The highest BCUT2D eigenvalue weighted by molar-refractivity contribution is 5.54. The minimum Gasteiger partial charge on any atom is -0.378 e. The summed E-state index contributed by atoms with van der Waals surface area (Å²) in [6.45, 7) is 4.19. The summed E-state index contributed by atoms with van der Waals surface area (Å²) < 4.78 is 0. The maximum atomic E-state index is 4.42. The lowest BCUT2D eigenvalue weighted by Gasteiger charge is -2.29. The normalized spacial score (nSPS) is 16.5. The molecular weight excluding hydrogens is 188 g/mol. The Morgan fingerprint density at radius 3 is 2.73 bits per heavy atom. The zero-order chi connectivity index (χ0) is 10.7. The molecule has 0 aromatic carbocycles. The van der Waals surface area contributed by atoms with Crippen molar-refractivity contribution in [2.24, 2.45) is 0 Å². The van der Waals surface area contributed by atoms with Crippen LogP contribution >= 0.6 is 0 Å². The number of pyridine rings is 1. The van der Waals surface area contributed by atoms with Crippen LogP contribution in [0.1, 0.15) is 0 Å². The van der Waals surface area contributed by atoms with E-state index in [0.717, 1.165) is 32.0 Å². The van der Waals surface area contributed by atoms with Crippen LogP contribution in [0.5, 0.6) is 0 Å². The highest BCUT2D eigenvalue weighted by Crippen LogP contribution is 2.18. The van der Waals surface area contributed by atoms with Gasteiger partial charge in [-0.05, 0) is 6.07 Å². The van der Waals surface area contributed by atoms with Gasteiger partial charge in [0.15, 0.2) is 0 Å². The van der Waals surface area contributed by atoms with Crippen LogP contribution < -0.4 is 15.1 Å². The molecule has 82 valence electrons. The molecule has 1 fully saturated rings. The molecule has 0 aliphatic carbocycles. The topological polar surface area (TPSA) is 31.4 Å². The molecule has 4 nitrogen and oxygen atoms in total. The van der Waals surface area contributed by atoms with Crippen LogP contribution in [0.2, 0.25) is 0 Å². The predicted octanol–water partition coefficient (Wildman–Crippen LogP) is 0.557. The SMILES string of the molecule is CN(C)c1ccnc(N2CCNCC2)c1. The number of aromatic nitrogens is 1. The highest BCUT2D eigenvalue weighted by atomic mass is 15.2. The fourth-order valence-corrected chi connectivity index (χ4v) is 1.75. The van der Waals surface area contributed by atoms with E-state index in [1.54, 1.807) is 0 Å². The standard InChI is InChI=1S/C11H18N4/c1-14(2)10-3-4-13-11(9-10)15-7-5-12-6-8-15/h3-4,9,12H,5-8H2,1-2H3. The summed E-state index contributed by atoms with van der Waals surface area (Å²) in [5.74, 6) is 1.09. The van der Waals surface area contributed by atoms with E-state index in [-0.39, 0.29) is 0 Å². The number of piperazine rings is 1. The van der Waals surface area contributed by atoms with Crippen LogP contribution in [-0.2, 0) is 0 Å². The summed E-state index contributed by atoms with van der Waals surface area (Å²) >= 11 is 0. The van der Waals surface area contributed by atoms with Gasteiger partial charge in [0.25, 0.3) is 0 Å². The molecule has 15 heavy (non-hydrogen) atoms. The van der Waals surface area contributed by atoms with Gasteiger partial charge in [-0.1, -0.05) is 0 Å². The number of hydrogen-bond donors (Lipinski definition) is 1. The van der Waals surface area contributed by atoms with E-state index in [1.165, 1.54) is 5.69 Å². The lowest BCUT2D eigenvalue weighted by molar-refractivity contribution is 0.585. The average molecular weight is 206 g/mol. The quantitative estimate of drug-likeness (QED) is 0.766. The van der Waals surface area contributed by atoms with Gasteiger partial charge in [0.2, 0.25) is 0 Å². The number of rotatable bonds is 2. The van der Waals surface area contributed by atoms with Crippen molar-refractivity contribution in [1.29, 1.82) is 0 Å². The fraction of sp³-hybridized carbons (Fsp3) is 0.545. The largest absolute Gasteiger partial charge is 0.378 e. The van der Waals surface area contributed by atoms with Crippen LogP contribution in [0.3, 0.4) is 0 Å². The Morgan fingerprint density at radius 2 is 2.07 bits per heavy atom. The van der Waals surface area contributed by atoms with Crippen molar-refractivity contribution < 1.29 is 0 Å². The fourth-order valence-electron chi connectivity index (χ4n) is 1.75. The van der Waals surface area contributed by atoms with Crippen molar-refractivity contribution in [2.75, 3.05) is 50.1 Å². The molecule has 0 spiro atoms. The van der Waals surface area contributed by atoms with E-state index in [4.69, 9.17) is 0 Å². The van der Waals surface area contributed by atoms with Crippen LogP contribution in [0.15, 0.2) is 18.3 Å². The van der Waals surface area contributed by atoms with Crippen molar-refractivity contribution in [3.8, 4) is 0 Å². The third-order valence-electron chi connectivity index (χ3n) is 2.69. The lowest BCUT2D eigenvalue weighted by Crippen LogP contribution is -2.43. The first kappa shape index (κ1) is 10.2. The summed E-state index contributed by atoms with van der Waals surface area (Å²) in [7, 11) is 4.10. The Kier molecular flexibility index (Phi) is 3.06. The maximum absolute atomic E-state index is 4.42. The zero-order valence-electron chi connectivity index (χ0n) is 9.40. The second-order valence-electron chi connectivity index (χ2n) is 4.00. The molecule has 0 atom stereocenters. The molecule has 2 heterocycles. The van der Waals surface area contributed by atoms with Crippen molar-refractivity contribution in [2.45, 2.75) is 0 Å². The van der Waals surface area contributed by atoms with Gasteiger partial charge >= 0.3 is 0 Å². The summed E-state index contributed by atoms with van der Waals surface area (Å²) in [6, 6.07) is 4.18. The summed E-state index contributed by atoms with van der Waals surface area (Å²) in [4.78, 5) is 8.84. The molecule has 0 saturated carbocycles. The Bertz CT molecular complexity index is 318. The molecule has 1 aliphatic rings. The second-order valence-corrected chi connectivity index (χ2v) is 4.00. The molecule has 0 amide bonds. The van der Waals surface area contributed by atoms with Crippen LogP contribution in [-0.4, -0.2) is 45.3 Å². The average Bonchev–Trinajstić information content (AvgIpc) is 2.30. The minimum absolute atomic E-state index is 1.05. The van der Waals surface area contributed by atoms with Gasteiger partial charge in [-0.25, -0.2) is 4.98 Å². The summed E-state index contributed by atoms with van der Waals surface area (Å²) in [5.41, 5.74) is 1.21. The second kappa shape index (κ2) is 4.49. The van der Waals surface area contributed by atoms with Crippen molar-refractivity contribution in [3.63, 3.8) is 0 Å². The molecule has 1 N–H and O–H groups in total. The van der Waals surface area contributed by atoms with E-state index in [9.17, 15) is 0 Å².